The van der Waals surface area contributed by atoms with Crippen LogP contribution < -0.4 is 10.5 Å². The third-order valence-corrected chi connectivity index (χ3v) is 4.13. The SMILES string of the molecule is NS(=O)(=O)c1ccc(CCNC2CCC2)cc1. The normalized spacial score (nSPS) is 16.8. The van der Waals surface area contributed by atoms with Gasteiger partial charge in [-0.05, 0) is 43.5 Å². The first kappa shape index (κ1) is 12.5. The van der Waals surface area contributed by atoms with Gasteiger partial charge >= 0.3 is 0 Å². The van der Waals surface area contributed by atoms with Gasteiger partial charge in [-0.15, -0.1) is 0 Å². The number of hydrogen-bond acceptors (Lipinski definition) is 3. The Bertz CT molecular complexity index is 464. The Balaban J connectivity index is 1.85. The second kappa shape index (κ2) is 5.16. The summed E-state index contributed by atoms with van der Waals surface area (Å²) in [4.78, 5) is 0.174. The van der Waals surface area contributed by atoms with Gasteiger partial charge in [0.1, 0.15) is 0 Å². The predicted molar refractivity (Wildman–Crippen MR) is 67.2 cm³/mol. The number of benzene rings is 1. The van der Waals surface area contributed by atoms with E-state index in [-0.39, 0.29) is 4.90 Å². The molecule has 2 rings (SSSR count). The predicted octanol–water partition coefficient (Wildman–Crippen LogP) is 1.02. The summed E-state index contributed by atoms with van der Waals surface area (Å²) < 4.78 is 22.1. The van der Waals surface area contributed by atoms with E-state index in [1.807, 2.05) is 12.1 Å². The fourth-order valence-electron chi connectivity index (χ4n) is 1.88. The average molecular weight is 254 g/mol. The molecule has 0 saturated heterocycles. The highest BCUT2D eigenvalue weighted by molar-refractivity contribution is 7.89. The van der Waals surface area contributed by atoms with Crippen molar-refractivity contribution >= 4 is 10.0 Å². The number of sulfonamides is 1. The van der Waals surface area contributed by atoms with Crippen LogP contribution >= 0.6 is 0 Å². The minimum absolute atomic E-state index is 0.174. The van der Waals surface area contributed by atoms with Crippen molar-refractivity contribution in [2.75, 3.05) is 6.54 Å². The van der Waals surface area contributed by atoms with Gasteiger partial charge in [0.25, 0.3) is 0 Å². The lowest BCUT2D eigenvalue weighted by Crippen LogP contribution is -2.36. The van der Waals surface area contributed by atoms with Gasteiger partial charge in [0.15, 0.2) is 0 Å². The minimum atomic E-state index is -3.56. The fourth-order valence-corrected chi connectivity index (χ4v) is 2.39. The lowest BCUT2D eigenvalue weighted by molar-refractivity contribution is 0.342. The van der Waals surface area contributed by atoms with Gasteiger partial charge < -0.3 is 5.32 Å². The highest BCUT2D eigenvalue weighted by Gasteiger charge is 2.15. The second-order valence-corrected chi connectivity index (χ2v) is 6.08. The van der Waals surface area contributed by atoms with Crippen molar-refractivity contribution in [2.24, 2.45) is 5.14 Å². The molecule has 0 atom stereocenters. The number of rotatable bonds is 5. The first-order valence-corrected chi connectivity index (χ1v) is 7.45. The average Bonchev–Trinajstić information content (AvgIpc) is 2.21. The molecule has 0 radical (unpaired) electrons. The first-order valence-electron chi connectivity index (χ1n) is 5.91. The molecule has 0 bridgehead atoms. The van der Waals surface area contributed by atoms with Crippen LogP contribution in [0.2, 0.25) is 0 Å². The number of nitrogens with two attached hydrogens (primary N) is 1. The Hall–Kier alpha value is -0.910. The molecular formula is C12H18N2O2S. The molecule has 4 nitrogen and oxygen atoms in total. The van der Waals surface area contributed by atoms with Gasteiger partial charge in [0, 0.05) is 6.04 Å². The molecule has 94 valence electrons. The molecular weight excluding hydrogens is 236 g/mol. The zero-order valence-corrected chi connectivity index (χ0v) is 10.5. The molecule has 1 saturated carbocycles. The zero-order chi connectivity index (χ0) is 12.3. The van der Waals surface area contributed by atoms with Crippen molar-refractivity contribution in [3.05, 3.63) is 29.8 Å². The maximum absolute atomic E-state index is 11.1. The maximum Gasteiger partial charge on any atom is 0.238 e. The molecule has 0 aliphatic heterocycles. The van der Waals surface area contributed by atoms with E-state index in [0.717, 1.165) is 18.5 Å². The highest BCUT2D eigenvalue weighted by atomic mass is 32.2. The Morgan fingerprint density at radius 1 is 1.24 bits per heavy atom. The third-order valence-electron chi connectivity index (χ3n) is 3.20. The van der Waals surface area contributed by atoms with E-state index >= 15 is 0 Å². The molecule has 1 fully saturated rings. The van der Waals surface area contributed by atoms with E-state index in [1.54, 1.807) is 12.1 Å². The number of hydrogen-bond donors (Lipinski definition) is 2. The maximum atomic E-state index is 11.1. The lowest BCUT2D eigenvalue weighted by atomic mass is 9.93. The van der Waals surface area contributed by atoms with E-state index in [9.17, 15) is 8.42 Å². The van der Waals surface area contributed by atoms with Crippen LogP contribution in [0.15, 0.2) is 29.2 Å². The van der Waals surface area contributed by atoms with Crippen LogP contribution in [0.1, 0.15) is 24.8 Å². The van der Waals surface area contributed by atoms with Crippen LogP contribution in [0.4, 0.5) is 0 Å². The molecule has 1 aromatic carbocycles. The summed E-state index contributed by atoms with van der Waals surface area (Å²) >= 11 is 0. The summed E-state index contributed by atoms with van der Waals surface area (Å²) in [5.41, 5.74) is 1.13. The third kappa shape index (κ3) is 3.52. The summed E-state index contributed by atoms with van der Waals surface area (Å²) in [7, 11) is -3.56. The van der Waals surface area contributed by atoms with Crippen molar-refractivity contribution in [1.29, 1.82) is 0 Å². The molecule has 5 heteroatoms. The monoisotopic (exact) mass is 254 g/mol. The van der Waals surface area contributed by atoms with Gasteiger partial charge in [0.2, 0.25) is 10.0 Å². The van der Waals surface area contributed by atoms with Crippen molar-refractivity contribution in [1.82, 2.24) is 5.32 Å². The van der Waals surface area contributed by atoms with Gasteiger partial charge in [0.05, 0.1) is 4.90 Å². The standard InChI is InChI=1S/C12H18N2O2S/c13-17(15,16)12-6-4-10(5-7-12)8-9-14-11-2-1-3-11/h4-7,11,14H,1-3,8-9H2,(H2,13,15,16). The smallest absolute Gasteiger partial charge is 0.238 e. The second-order valence-electron chi connectivity index (χ2n) is 4.52. The Kier molecular flexibility index (Phi) is 3.81. The van der Waals surface area contributed by atoms with Gasteiger partial charge in [-0.25, -0.2) is 13.6 Å². The summed E-state index contributed by atoms with van der Waals surface area (Å²) in [5, 5.41) is 8.50. The van der Waals surface area contributed by atoms with Crippen LogP contribution in [0.3, 0.4) is 0 Å². The van der Waals surface area contributed by atoms with Gasteiger partial charge in [-0.2, -0.15) is 0 Å². The van der Waals surface area contributed by atoms with Crippen LogP contribution in [-0.4, -0.2) is 21.0 Å². The fraction of sp³-hybridized carbons (Fsp3) is 0.500. The molecule has 0 unspecified atom stereocenters. The molecule has 0 amide bonds. The van der Waals surface area contributed by atoms with Crippen LogP contribution in [0.25, 0.3) is 0 Å². The van der Waals surface area contributed by atoms with Gasteiger partial charge in [-0.1, -0.05) is 18.6 Å². The minimum Gasteiger partial charge on any atom is -0.314 e. The summed E-state index contributed by atoms with van der Waals surface area (Å²) in [6.07, 6.45) is 4.82. The van der Waals surface area contributed by atoms with E-state index in [4.69, 9.17) is 5.14 Å². The van der Waals surface area contributed by atoms with E-state index < -0.39 is 10.0 Å². The van der Waals surface area contributed by atoms with Crippen LogP contribution in [0.5, 0.6) is 0 Å². The molecule has 3 N–H and O–H groups in total. The summed E-state index contributed by atoms with van der Waals surface area (Å²) in [5.74, 6) is 0. The number of primary sulfonamides is 1. The Morgan fingerprint density at radius 3 is 2.35 bits per heavy atom. The summed E-state index contributed by atoms with van der Waals surface area (Å²) in [6, 6.07) is 7.46. The summed E-state index contributed by atoms with van der Waals surface area (Å²) in [6.45, 7) is 0.944. The van der Waals surface area contributed by atoms with Crippen molar-refractivity contribution in [2.45, 2.75) is 36.6 Å². The number of nitrogens with one attached hydrogen (secondary N) is 1. The van der Waals surface area contributed by atoms with E-state index in [2.05, 4.69) is 5.32 Å². The molecule has 0 spiro atoms. The van der Waals surface area contributed by atoms with Crippen LogP contribution in [0, 0.1) is 0 Å². The lowest BCUT2D eigenvalue weighted by Gasteiger charge is -2.26. The van der Waals surface area contributed by atoms with Crippen LogP contribution in [-0.2, 0) is 16.4 Å². The van der Waals surface area contributed by atoms with E-state index in [0.29, 0.717) is 6.04 Å². The largest absolute Gasteiger partial charge is 0.314 e. The van der Waals surface area contributed by atoms with E-state index in [1.165, 1.54) is 19.3 Å². The molecule has 1 aromatic rings. The Morgan fingerprint density at radius 2 is 1.88 bits per heavy atom. The molecule has 0 heterocycles. The zero-order valence-electron chi connectivity index (χ0n) is 9.72. The highest BCUT2D eigenvalue weighted by Crippen LogP contribution is 2.17. The molecule has 1 aliphatic carbocycles. The van der Waals surface area contributed by atoms with Crippen molar-refractivity contribution in [3.8, 4) is 0 Å². The van der Waals surface area contributed by atoms with Gasteiger partial charge in [-0.3, -0.25) is 0 Å². The first-order chi connectivity index (χ1) is 8.05. The quantitative estimate of drug-likeness (QED) is 0.824. The topological polar surface area (TPSA) is 72.2 Å². The molecule has 1 aliphatic rings. The van der Waals surface area contributed by atoms with Crippen molar-refractivity contribution < 1.29 is 8.42 Å². The van der Waals surface area contributed by atoms with Crippen molar-refractivity contribution in [3.63, 3.8) is 0 Å². The molecule has 17 heavy (non-hydrogen) atoms. The Labute approximate surface area is 102 Å². The molecule has 0 aromatic heterocycles.